The van der Waals surface area contributed by atoms with Gasteiger partial charge in [0.25, 0.3) is 5.91 Å². The summed E-state index contributed by atoms with van der Waals surface area (Å²) in [7, 11) is 1.30. The summed E-state index contributed by atoms with van der Waals surface area (Å²) in [6.07, 6.45) is 0.223. The average Bonchev–Trinajstić information content (AvgIpc) is 2.95. The van der Waals surface area contributed by atoms with Crippen LogP contribution in [0, 0.1) is 0 Å². The number of carbonyl (C=O) groups is 3. The fourth-order valence-corrected chi connectivity index (χ4v) is 4.61. The molecule has 5 heteroatoms. The van der Waals surface area contributed by atoms with Gasteiger partial charge in [-0.2, -0.15) is 0 Å². The molecule has 0 saturated heterocycles. The van der Waals surface area contributed by atoms with Gasteiger partial charge >= 0.3 is 5.97 Å². The molecule has 0 radical (unpaired) electrons. The summed E-state index contributed by atoms with van der Waals surface area (Å²) in [6.45, 7) is 0. The molecule has 182 valence electrons. The number of fused-ring (bicyclic) bond motifs is 2. The van der Waals surface area contributed by atoms with Crippen molar-refractivity contribution in [3.05, 3.63) is 131 Å². The van der Waals surface area contributed by atoms with Crippen molar-refractivity contribution in [3.63, 3.8) is 0 Å². The number of nitrogens with one attached hydrogen (secondary N) is 1. The van der Waals surface area contributed by atoms with Crippen molar-refractivity contribution in [1.29, 1.82) is 0 Å². The third-order valence-corrected chi connectivity index (χ3v) is 6.48. The van der Waals surface area contributed by atoms with Crippen molar-refractivity contribution < 1.29 is 19.1 Å². The molecule has 1 amide bonds. The summed E-state index contributed by atoms with van der Waals surface area (Å²) in [5.41, 5.74) is 2.47. The molecule has 37 heavy (non-hydrogen) atoms. The van der Waals surface area contributed by atoms with Crippen LogP contribution in [0.1, 0.15) is 31.8 Å². The molecule has 0 aromatic heterocycles. The van der Waals surface area contributed by atoms with E-state index < -0.39 is 12.0 Å². The zero-order chi connectivity index (χ0) is 25.8. The minimum absolute atomic E-state index is 0.0761. The predicted molar refractivity (Wildman–Crippen MR) is 145 cm³/mol. The zero-order valence-corrected chi connectivity index (χ0v) is 20.3. The van der Waals surface area contributed by atoms with E-state index >= 15 is 0 Å². The fraction of sp³-hybridized carbons (Fsp3) is 0.0938. The molecule has 0 heterocycles. The van der Waals surface area contributed by atoms with Gasteiger partial charge in [-0.1, -0.05) is 103 Å². The monoisotopic (exact) mass is 487 g/mol. The van der Waals surface area contributed by atoms with Gasteiger partial charge < -0.3 is 10.1 Å². The first kappa shape index (κ1) is 23.9. The Bertz CT molecular complexity index is 1550. The Kier molecular flexibility index (Phi) is 6.77. The van der Waals surface area contributed by atoms with Gasteiger partial charge in [0.1, 0.15) is 6.04 Å². The van der Waals surface area contributed by atoms with Crippen LogP contribution in [0.4, 0.5) is 0 Å². The maximum Gasteiger partial charge on any atom is 0.328 e. The summed E-state index contributed by atoms with van der Waals surface area (Å²) >= 11 is 0. The third-order valence-electron chi connectivity index (χ3n) is 6.48. The van der Waals surface area contributed by atoms with Crippen molar-refractivity contribution in [2.45, 2.75) is 12.5 Å². The Morgan fingerprint density at radius 1 is 0.703 bits per heavy atom. The molecule has 5 nitrogen and oxygen atoms in total. The van der Waals surface area contributed by atoms with E-state index in [0.29, 0.717) is 16.7 Å². The van der Waals surface area contributed by atoms with E-state index in [1.165, 1.54) is 7.11 Å². The highest BCUT2D eigenvalue weighted by atomic mass is 16.5. The van der Waals surface area contributed by atoms with E-state index in [1.807, 2.05) is 66.7 Å². The number of benzene rings is 5. The molecule has 0 aliphatic rings. The first-order valence-corrected chi connectivity index (χ1v) is 12.0. The zero-order valence-electron chi connectivity index (χ0n) is 20.3. The number of hydrogen-bond donors (Lipinski definition) is 1. The molecule has 0 aliphatic heterocycles. The van der Waals surface area contributed by atoms with E-state index in [1.54, 1.807) is 36.4 Å². The van der Waals surface area contributed by atoms with Gasteiger partial charge in [0.2, 0.25) is 0 Å². The lowest BCUT2D eigenvalue weighted by molar-refractivity contribution is -0.142. The smallest absolute Gasteiger partial charge is 0.328 e. The molecule has 0 bridgehead atoms. The number of amides is 1. The van der Waals surface area contributed by atoms with Gasteiger partial charge in [-0.3, -0.25) is 9.59 Å². The maximum absolute atomic E-state index is 13.6. The SMILES string of the molecule is COC(=O)[C@@H](Cc1ccc(C(=O)c2ccccc2)cc1)NC(=O)c1c2ccccc2cc2ccccc12. The number of esters is 1. The Labute approximate surface area is 214 Å². The van der Waals surface area contributed by atoms with Crippen LogP contribution in [-0.4, -0.2) is 30.8 Å². The molecule has 5 aromatic carbocycles. The minimum atomic E-state index is -0.897. The summed E-state index contributed by atoms with van der Waals surface area (Å²) in [5, 5.41) is 6.41. The summed E-state index contributed by atoms with van der Waals surface area (Å²) in [4.78, 5) is 39.0. The molecule has 0 saturated carbocycles. The molecule has 0 spiro atoms. The van der Waals surface area contributed by atoms with E-state index in [-0.39, 0.29) is 18.1 Å². The fourth-order valence-electron chi connectivity index (χ4n) is 4.61. The summed E-state index contributed by atoms with van der Waals surface area (Å²) in [6, 6.07) is 32.7. The molecule has 1 N–H and O–H groups in total. The van der Waals surface area contributed by atoms with Crippen molar-refractivity contribution in [2.24, 2.45) is 0 Å². The Balaban J connectivity index is 1.42. The predicted octanol–water partition coefficient (Wildman–Crippen LogP) is 5.74. The number of ketones is 1. The van der Waals surface area contributed by atoms with Crippen LogP contribution in [-0.2, 0) is 16.0 Å². The molecule has 1 atom stereocenters. The van der Waals surface area contributed by atoms with Crippen LogP contribution in [0.15, 0.2) is 109 Å². The van der Waals surface area contributed by atoms with Gasteiger partial charge in [0.05, 0.1) is 12.7 Å². The molecular formula is C32H25NO4. The minimum Gasteiger partial charge on any atom is -0.467 e. The molecular weight excluding hydrogens is 462 g/mol. The van der Waals surface area contributed by atoms with Gasteiger partial charge in [-0.25, -0.2) is 4.79 Å². The number of hydrogen-bond acceptors (Lipinski definition) is 4. The Morgan fingerprint density at radius 2 is 1.24 bits per heavy atom. The summed E-state index contributed by atoms with van der Waals surface area (Å²) < 4.78 is 5.01. The van der Waals surface area contributed by atoms with Crippen LogP contribution in [0.25, 0.3) is 21.5 Å². The summed E-state index contributed by atoms with van der Waals surface area (Å²) in [5.74, 6) is -0.964. The average molecular weight is 488 g/mol. The molecule has 5 aromatic rings. The lowest BCUT2D eigenvalue weighted by Gasteiger charge is -2.18. The van der Waals surface area contributed by atoms with Crippen molar-refractivity contribution in [1.82, 2.24) is 5.32 Å². The quantitative estimate of drug-likeness (QED) is 0.181. The van der Waals surface area contributed by atoms with Gasteiger partial charge in [-0.05, 0) is 33.2 Å². The number of carbonyl (C=O) groups excluding carboxylic acids is 3. The van der Waals surface area contributed by atoms with Crippen LogP contribution in [0.2, 0.25) is 0 Å². The highest BCUT2D eigenvalue weighted by Crippen LogP contribution is 2.28. The molecule has 0 unspecified atom stereocenters. The second kappa shape index (κ2) is 10.5. The first-order chi connectivity index (χ1) is 18.0. The van der Waals surface area contributed by atoms with Gasteiger partial charge in [-0.15, -0.1) is 0 Å². The lowest BCUT2D eigenvalue weighted by atomic mass is 9.95. The van der Waals surface area contributed by atoms with E-state index in [2.05, 4.69) is 11.4 Å². The van der Waals surface area contributed by atoms with Crippen molar-refractivity contribution >= 4 is 39.2 Å². The highest BCUT2D eigenvalue weighted by molar-refractivity contribution is 6.18. The second-order valence-electron chi connectivity index (χ2n) is 8.84. The lowest BCUT2D eigenvalue weighted by Crippen LogP contribution is -2.43. The molecule has 0 fully saturated rings. The van der Waals surface area contributed by atoms with Crippen LogP contribution >= 0.6 is 0 Å². The maximum atomic E-state index is 13.6. The van der Waals surface area contributed by atoms with Crippen LogP contribution in [0.5, 0.6) is 0 Å². The van der Waals surface area contributed by atoms with Crippen molar-refractivity contribution in [2.75, 3.05) is 7.11 Å². The Morgan fingerprint density at radius 3 is 1.84 bits per heavy atom. The Hall–Kier alpha value is -4.77. The van der Waals surface area contributed by atoms with Crippen LogP contribution in [0.3, 0.4) is 0 Å². The number of methoxy groups -OCH3 is 1. The first-order valence-electron chi connectivity index (χ1n) is 12.0. The van der Waals surface area contributed by atoms with Gasteiger partial charge in [0.15, 0.2) is 5.78 Å². The second-order valence-corrected chi connectivity index (χ2v) is 8.84. The highest BCUT2D eigenvalue weighted by Gasteiger charge is 2.25. The van der Waals surface area contributed by atoms with E-state index in [4.69, 9.17) is 4.74 Å². The largest absolute Gasteiger partial charge is 0.467 e. The molecule has 5 rings (SSSR count). The van der Waals surface area contributed by atoms with Gasteiger partial charge in [0, 0.05) is 17.5 Å². The van der Waals surface area contributed by atoms with E-state index in [0.717, 1.165) is 27.1 Å². The number of rotatable bonds is 7. The standard InChI is InChI=1S/C32H25NO4/c1-37-32(36)28(19-21-15-17-23(18-16-21)30(34)22-9-3-2-4-10-22)33-31(35)29-26-13-7-5-11-24(26)20-25-12-6-8-14-27(25)29/h2-18,20,28H,19H2,1H3,(H,33,35)/t28-/m1/s1. The van der Waals surface area contributed by atoms with Crippen LogP contribution < -0.4 is 5.32 Å². The van der Waals surface area contributed by atoms with E-state index in [9.17, 15) is 14.4 Å². The third kappa shape index (κ3) is 4.98. The number of ether oxygens (including phenoxy) is 1. The topological polar surface area (TPSA) is 72.5 Å². The van der Waals surface area contributed by atoms with Crippen molar-refractivity contribution in [3.8, 4) is 0 Å². The molecule has 0 aliphatic carbocycles. The normalized spacial score (nSPS) is 11.7.